The number of ether oxygens (including phenoxy) is 1. The first-order valence-electron chi connectivity index (χ1n) is 5.24. The molecule has 0 aromatic rings. The van der Waals surface area contributed by atoms with Crippen molar-refractivity contribution < 1.29 is 9.53 Å². The second-order valence-corrected chi connectivity index (χ2v) is 10.7. The van der Waals surface area contributed by atoms with Crippen LogP contribution in [0.25, 0.3) is 0 Å². The Morgan fingerprint density at radius 3 is 2.36 bits per heavy atom. The van der Waals surface area contributed by atoms with Crippen LogP contribution in [0.2, 0.25) is 25.7 Å². The van der Waals surface area contributed by atoms with Gasteiger partial charge >= 0.3 is 6.09 Å². The van der Waals surface area contributed by atoms with Crippen molar-refractivity contribution in [2.45, 2.75) is 52.0 Å². The molecule has 0 unspecified atom stereocenters. The van der Waals surface area contributed by atoms with E-state index in [0.29, 0.717) is 6.61 Å². The van der Waals surface area contributed by atoms with Crippen molar-refractivity contribution in [2.75, 3.05) is 6.61 Å². The van der Waals surface area contributed by atoms with E-state index < -0.39 is 8.07 Å². The lowest BCUT2D eigenvalue weighted by Gasteiger charge is -2.15. The Morgan fingerprint density at radius 2 is 1.93 bits per heavy atom. The zero-order valence-corrected chi connectivity index (χ0v) is 11.0. The maximum absolute atomic E-state index is 11.1. The monoisotopic (exact) mass is 217 g/mol. The number of amides is 1. The molecule has 0 spiro atoms. The van der Waals surface area contributed by atoms with E-state index in [2.05, 4.69) is 25.0 Å². The Labute approximate surface area is 88.2 Å². The van der Waals surface area contributed by atoms with Crippen molar-refractivity contribution in [1.29, 1.82) is 0 Å². The average molecular weight is 217 g/mol. The third-order valence-corrected chi connectivity index (χ3v) is 3.56. The summed E-state index contributed by atoms with van der Waals surface area (Å²) in [5.74, 6) is 0. The van der Waals surface area contributed by atoms with Crippen molar-refractivity contribution >= 4 is 14.2 Å². The minimum atomic E-state index is -0.973. The van der Waals surface area contributed by atoms with Crippen molar-refractivity contribution in [3.8, 4) is 0 Å². The molecule has 3 nitrogen and oxygen atoms in total. The Kier molecular flexibility index (Phi) is 5.84. The minimum absolute atomic E-state index is 0.152. The molecule has 0 aliphatic heterocycles. The molecule has 0 aromatic heterocycles. The standard InChI is InChI=1S/C10H23NO2Si/c1-9(2)11-10(12)13-7-6-8-14(3,4)5/h9H,6-8H2,1-5H3,(H,11,12). The zero-order valence-electron chi connectivity index (χ0n) is 10.0. The van der Waals surface area contributed by atoms with Gasteiger partial charge in [0, 0.05) is 14.1 Å². The van der Waals surface area contributed by atoms with Crippen LogP contribution in [-0.4, -0.2) is 26.8 Å². The molecule has 0 aromatic carbocycles. The van der Waals surface area contributed by atoms with Gasteiger partial charge in [-0.25, -0.2) is 4.79 Å². The van der Waals surface area contributed by atoms with Gasteiger partial charge in [0.2, 0.25) is 0 Å². The minimum Gasteiger partial charge on any atom is -0.450 e. The number of carbonyl (C=O) groups is 1. The van der Waals surface area contributed by atoms with E-state index in [1.54, 1.807) is 0 Å². The molecule has 0 saturated heterocycles. The van der Waals surface area contributed by atoms with Crippen LogP contribution in [0.3, 0.4) is 0 Å². The van der Waals surface area contributed by atoms with Gasteiger partial charge in [0.1, 0.15) is 0 Å². The third kappa shape index (κ3) is 9.57. The van der Waals surface area contributed by atoms with Gasteiger partial charge in [0.15, 0.2) is 0 Å². The number of alkyl carbamates (subject to hydrolysis) is 1. The predicted molar refractivity (Wildman–Crippen MR) is 62.4 cm³/mol. The maximum Gasteiger partial charge on any atom is 0.407 e. The van der Waals surface area contributed by atoms with Gasteiger partial charge in [-0.05, 0) is 20.3 Å². The summed E-state index contributed by atoms with van der Waals surface area (Å²) in [5.41, 5.74) is 0. The number of rotatable bonds is 5. The van der Waals surface area contributed by atoms with Gasteiger partial charge < -0.3 is 10.1 Å². The van der Waals surface area contributed by atoms with E-state index in [1.807, 2.05) is 13.8 Å². The maximum atomic E-state index is 11.1. The van der Waals surface area contributed by atoms with E-state index in [1.165, 1.54) is 6.04 Å². The first-order valence-corrected chi connectivity index (χ1v) is 8.95. The number of nitrogens with one attached hydrogen (secondary N) is 1. The van der Waals surface area contributed by atoms with Crippen LogP contribution in [0.1, 0.15) is 20.3 Å². The zero-order chi connectivity index (χ0) is 11.2. The van der Waals surface area contributed by atoms with Crippen molar-refractivity contribution in [1.82, 2.24) is 5.32 Å². The Morgan fingerprint density at radius 1 is 1.36 bits per heavy atom. The van der Waals surface area contributed by atoms with Gasteiger partial charge in [-0.15, -0.1) is 0 Å². The van der Waals surface area contributed by atoms with Gasteiger partial charge in [0.25, 0.3) is 0 Å². The van der Waals surface area contributed by atoms with E-state index >= 15 is 0 Å². The highest BCUT2D eigenvalue weighted by molar-refractivity contribution is 6.76. The second kappa shape index (κ2) is 6.06. The van der Waals surface area contributed by atoms with E-state index in [9.17, 15) is 4.79 Å². The molecular formula is C10H23NO2Si. The molecule has 0 atom stereocenters. The van der Waals surface area contributed by atoms with Crippen molar-refractivity contribution in [3.63, 3.8) is 0 Å². The fourth-order valence-electron chi connectivity index (χ4n) is 1.04. The van der Waals surface area contributed by atoms with E-state index in [0.717, 1.165) is 6.42 Å². The highest BCUT2D eigenvalue weighted by Gasteiger charge is 2.12. The summed E-state index contributed by atoms with van der Waals surface area (Å²) in [6.45, 7) is 11.3. The highest BCUT2D eigenvalue weighted by atomic mass is 28.3. The molecule has 84 valence electrons. The number of hydrogen-bond acceptors (Lipinski definition) is 2. The molecule has 0 radical (unpaired) electrons. The second-order valence-electron chi connectivity index (χ2n) is 5.10. The Hall–Kier alpha value is -0.513. The lowest BCUT2D eigenvalue weighted by Crippen LogP contribution is -2.31. The van der Waals surface area contributed by atoms with Crippen LogP contribution in [0.15, 0.2) is 0 Å². The van der Waals surface area contributed by atoms with Crippen LogP contribution < -0.4 is 5.32 Å². The van der Waals surface area contributed by atoms with Crippen LogP contribution >= 0.6 is 0 Å². The number of carbonyl (C=O) groups excluding carboxylic acids is 1. The molecule has 1 amide bonds. The number of hydrogen-bond donors (Lipinski definition) is 1. The first kappa shape index (κ1) is 13.5. The Bertz CT molecular complexity index is 175. The van der Waals surface area contributed by atoms with Crippen LogP contribution in [-0.2, 0) is 4.74 Å². The normalized spacial score (nSPS) is 11.6. The molecule has 0 saturated carbocycles. The summed E-state index contributed by atoms with van der Waals surface area (Å²) in [4.78, 5) is 11.1. The lowest BCUT2D eigenvalue weighted by molar-refractivity contribution is 0.143. The SMILES string of the molecule is CC(C)NC(=O)OCCC[Si](C)(C)C. The quantitative estimate of drug-likeness (QED) is 0.568. The molecule has 1 N–H and O–H groups in total. The van der Waals surface area contributed by atoms with Crippen LogP contribution in [0.4, 0.5) is 4.79 Å². The van der Waals surface area contributed by atoms with Gasteiger partial charge in [-0.2, -0.15) is 0 Å². The summed E-state index contributed by atoms with van der Waals surface area (Å²) in [5, 5.41) is 2.69. The molecule has 4 heteroatoms. The summed E-state index contributed by atoms with van der Waals surface area (Å²) >= 11 is 0. The van der Waals surface area contributed by atoms with Crippen molar-refractivity contribution in [3.05, 3.63) is 0 Å². The largest absolute Gasteiger partial charge is 0.450 e. The summed E-state index contributed by atoms with van der Waals surface area (Å²) in [7, 11) is -0.973. The first-order chi connectivity index (χ1) is 6.31. The molecule has 0 heterocycles. The molecule has 0 aliphatic carbocycles. The molecule has 0 bridgehead atoms. The fraction of sp³-hybridized carbons (Fsp3) is 0.900. The van der Waals surface area contributed by atoms with Gasteiger partial charge in [0.05, 0.1) is 6.61 Å². The highest BCUT2D eigenvalue weighted by Crippen LogP contribution is 2.10. The average Bonchev–Trinajstić information content (AvgIpc) is 1.95. The topological polar surface area (TPSA) is 38.3 Å². The van der Waals surface area contributed by atoms with Gasteiger partial charge in [-0.3, -0.25) is 0 Å². The molecule has 0 rings (SSSR count). The summed E-state index contributed by atoms with van der Waals surface area (Å²) < 4.78 is 5.02. The predicted octanol–water partition coefficient (Wildman–Crippen LogP) is 2.85. The van der Waals surface area contributed by atoms with E-state index in [4.69, 9.17) is 4.74 Å². The van der Waals surface area contributed by atoms with Crippen LogP contribution in [0.5, 0.6) is 0 Å². The smallest absolute Gasteiger partial charge is 0.407 e. The van der Waals surface area contributed by atoms with Gasteiger partial charge in [-0.1, -0.05) is 25.7 Å². The fourth-order valence-corrected chi connectivity index (χ4v) is 2.25. The lowest BCUT2D eigenvalue weighted by atomic mass is 10.4. The molecule has 14 heavy (non-hydrogen) atoms. The van der Waals surface area contributed by atoms with Crippen LogP contribution in [0, 0.1) is 0 Å². The molecule has 0 aliphatic rings. The molecule has 0 fully saturated rings. The van der Waals surface area contributed by atoms with E-state index in [-0.39, 0.29) is 12.1 Å². The molecular weight excluding hydrogens is 194 g/mol. The Balaban J connectivity index is 3.41. The summed E-state index contributed by atoms with van der Waals surface area (Å²) in [6.07, 6.45) is 0.692. The summed E-state index contributed by atoms with van der Waals surface area (Å²) in [6, 6.07) is 1.36. The van der Waals surface area contributed by atoms with Crippen molar-refractivity contribution in [2.24, 2.45) is 0 Å². The third-order valence-electron chi connectivity index (χ3n) is 1.71.